The second-order valence-corrected chi connectivity index (χ2v) is 15.1. The van der Waals surface area contributed by atoms with Crippen molar-refractivity contribution in [2.75, 3.05) is 10.6 Å². The molecule has 6 heterocycles. The van der Waals surface area contributed by atoms with E-state index >= 15 is 0 Å². The molecular formula is C41H38N6O4. The highest BCUT2D eigenvalue weighted by Crippen LogP contribution is 2.69. The van der Waals surface area contributed by atoms with Crippen molar-refractivity contribution in [3.05, 3.63) is 131 Å². The number of carbonyl (C=O) groups excluding carboxylic acids is 4. The molecule has 0 bridgehead atoms. The Morgan fingerprint density at radius 2 is 1.04 bits per heavy atom. The van der Waals surface area contributed by atoms with Gasteiger partial charge in [0.2, 0.25) is 23.6 Å². The number of anilines is 2. The second kappa shape index (κ2) is 10.7. The summed E-state index contributed by atoms with van der Waals surface area (Å²) < 4.78 is 0. The van der Waals surface area contributed by atoms with Crippen LogP contribution in [-0.4, -0.2) is 69.9 Å². The average molecular weight is 679 g/mol. The zero-order valence-corrected chi connectivity index (χ0v) is 28.1. The number of nitrogens with one attached hydrogen (secondary N) is 4. The van der Waals surface area contributed by atoms with Gasteiger partial charge >= 0.3 is 0 Å². The number of piperazine rings is 2. The third-order valence-electron chi connectivity index (χ3n) is 12.5. The Morgan fingerprint density at radius 1 is 0.569 bits per heavy atom. The van der Waals surface area contributed by atoms with Gasteiger partial charge in [-0.3, -0.25) is 19.2 Å². The molecule has 0 aromatic heterocycles. The third-order valence-corrected chi connectivity index (χ3v) is 12.5. The Labute approximate surface area is 295 Å². The van der Waals surface area contributed by atoms with Crippen LogP contribution in [-0.2, 0) is 42.8 Å². The first-order valence-electron chi connectivity index (χ1n) is 17.9. The van der Waals surface area contributed by atoms with Crippen molar-refractivity contribution in [3.8, 4) is 0 Å². The number of para-hydroxylation sites is 1. The fraction of sp³-hybridized carbons (Fsp3) is 0.317. The van der Waals surface area contributed by atoms with Gasteiger partial charge in [0.1, 0.15) is 36.5 Å². The van der Waals surface area contributed by atoms with Crippen LogP contribution >= 0.6 is 0 Å². The van der Waals surface area contributed by atoms with E-state index in [4.69, 9.17) is 0 Å². The molecule has 256 valence electrons. The van der Waals surface area contributed by atoms with Crippen LogP contribution in [0.4, 0.5) is 11.4 Å². The summed E-state index contributed by atoms with van der Waals surface area (Å²) in [6.07, 6.45) is 0.260. The molecule has 2 unspecified atom stereocenters. The van der Waals surface area contributed by atoms with Crippen molar-refractivity contribution >= 4 is 35.0 Å². The molecule has 4 fully saturated rings. The molecule has 0 saturated carbocycles. The maximum Gasteiger partial charge on any atom is 0.247 e. The molecule has 6 aliphatic rings. The first-order chi connectivity index (χ1) is 24.8. The highest BCUT2D eigenvalue weighted by atomic mass is 16.2. The van der Waals surface area contributed by atoms with E-state index in [0.717, 1.165) is 39.2 Å². The Hall–Kier alpha value is -5.64. The summed E-state index contributed by atoms with van der Waals surface area (Å²) in [5.74, 6) is -0.628. The number of rotatable bonds is 5. The van der Waals surface area contributed by atoms with Crippen LogP contribution in [0.2, 0.25) is 0 Å². The molecule has 0 radical (unpaired) electrons. The van der Waals surface area contributed by atoms with Gasteiger partial charge in [0.15, 0.2) is 0 Å². The lowest BCUT2D eigenvalue weighted by atomic mass is 9.54. The highest BCUT2D eigenvalue weighted by Gasteiger charge is 2.78. The summed E-state index contributed by atoms with van der Waals surface area (Å²) in [5, 5.41) is 13.7. The number of hydrogen-bond acceptors (Lipinski definition) is 6. The van der Waals surface area contributed by atoms with E-state index in [1.165, 1.54) is 0 Å². The number of carbonyl (C=O) groups is 4. The minimum Gasteiger partial charge on any atom is -0.364 e. The summed E-state index contributed by atoms with van der Waals surface area (Å²) in [4.78, 5) is 61.4. The van der Waals surface area contributed by atoms with Crippen molar-refractivity contribution in [2.24, 2.45) is 0 Å². The fourth-order valence-corrected chi connectivity index (χ4v) is 10.6. The van der Waals surface area contributed by atoms with Crippen molar-refractivity contribution < 1.29 is 19.2 Å². The predicted octanol–water partition coefficient (Wildman–Crippen LogP) is 3.36. The first kappa shape index (κ1) is 30.2. The summed E-state index contributed by atoms with van der Waals surface area (Å²) in [6.45, 7) is 2.04. The van der Waals surface area contributed by atoms with Gasteiger partial charge in [0.25, 0.3) is 0 Å². The molecule has 4 N–H and O–H groups in total. The van der Waals surface area contributed by atoms with E-state index in [1.807, 2.05) is 85.8 Å². The Morgan fingerprint density at radius 3 is 1.59 bits per heavy atom. The normalized spacial score (nSPS) is 32.5. The van der Waals surface area contributed by atoms with E-state index in [9.17, 15) is 19.2 Å². The molecule has 10 heteroatoms. The van der Waals surface area contributed by atoms with Crippen LogP contribution in [0.1, 0.15) is 40.7 Å². The summed E-state index contributed by atoms with van der Waals surface area (Å²) in [6, 6.07) is 31.0. The number of benzene rings is 4. The van der Waals surface area contributed by atoms with E-state index in [0.29, 0.717) is 25.7 Å². The molecule has 10 rings (SSSR count). The minimum atomic E-state index is -0.869. The molecule has 4 aromatic carbocycles. The van der Waals surface area contributed by atoms with Crippen LogP contribution < -0.4 is 21.3 Å². The van der Waals surface area contributed by atoms with Crippen LogP contribution in [0.25, 0.3) is 0 Å². The summed E-state index contributed by atoms with van der Waals surface area (Å²) >= 11 is 0. The Balaban J connectivity index is 1.14. The SMILES string of the molecule is Cc1ccc2c(c1)N[C@@H]1N3C(=O)[C@H](Cc4ccccc4)NC(=O)[C@@H]3CC21C12C[C@H]3C(=O)N[C@@H](Cc4ccccc4)C(=O)N3[C@H]1Nc1ccccc12. The quantitative estimate of drug-likeness (QED) is 0.257. The number of amides is 4. The van der Waals surface area contributed by atoms with Crippen molar-refractivity contribution in [1.29, 1.82) is 0 Å². The minimum absolute atomic E-state index is 0.132. The third kappa shape index (κ3) is 3.98. The Kier molecular flexibility index (Phi) is 6.33. The van der Waals surface area contributed by atoms with Gasteiger partial charge in [-0.05, 0) is 59.7 Å². The fourth-order valence-electron chi connectivity index (χ4n) is 10.6. The molecule has 8 atom stereocenters. The standard InChI is InChI=1S/C41H38N6O4/c1-23-16-17-27-29(18-23)45-39-41(27,22-33-35(49)43-31(37(51)47(33)39)20-25-12-6-3-7-13-25)40-21-32-34(48)42-30(19-24-10-4-2-5-11-24)36(50)46(32)38(40)44-28-15-9-8-14-26(28)40/h2-18,30-33,38-39,44-45H,19-22H2,1H3,(H,42,48)(H,43,49)/t30-,31-,32-,33-,38+,39+,40?,41?/m0/s1. The lowest BCUT2D eigenvalue weighted by Crippen LogP contribution is -2.67. The van der Waals surface area contributed by atoms with Crippen LogP contribution in [0.5, 0.6) is 0 Å². The number of aryl methyl sites for hydroxylation is 1. The Bertz CT molecular complexity index is 2140. The van der Waals surface area contributed by atoms with Crippen molar-refractivity contribution in [1.82, 2.24) is 20.4 Å². The largest absolute Gasteiger partial charge is 0.364 e. The lowest BCUT2D eigenvalue weighted by Gasteiger charge is -2.48. The molecular weight excluding hydrogens is 640 g/mol. The molecule has 4 amide bonds. The zero-order chi connectivity index (χ0) is 34.6. The van der Waals surface area contributed by atoms with Gasteiger partial charge in [0.05, 0.1) is 10.8 Å². The van der Waals surface area contributed by atoms with Crippen LogP contribution in [0.3, 0.4) is 0 Å². The molecule has 4 saturated heterocycles. The molecule has 4 aromatic rings. The monoisotopic (exact) mass is 678 g/mol. The van der Waals surface area contributed by atoms with E-state index < -0.39 is 47.3 Å². The van der Waals surface area contributed by atoms with Gasteiger partial charge in [-0.1, -0.05) is 91.0 Å². The number of fused-ring (bicyclic) bond motifs is 11. The zero-order valence-electron chi connectivity index (χ0n) is 28.1. The number of hydrogen-bond donors (Lipinski definition) is 4. The topological polar surface area (TPSA) is 123 Å². The smallest absolute Gasteiger partial charge is 0.247 e. The molecule has 0 aliphatic carbocycles. The summed E-state index contributed by atoms with van der Waals surface area (Å²) in [5.41, 5.74) is 5.08. The van der Waals surface area contributed by atoms with E-state index in [2.05, 4.69) is 45.5 Å². The summed E-state index contributed by atoms with van der Waals surface area (Å²) in [7, 11) is 0. The molecule has 0 spiro atoms. The van der Waals surface area contributed by atoms with Gasteiger partial charge in [-0.2, -0.15) is 0 Å². The average Bonchev–Trinajstić information content (AvgIpc) is 3.85. The van der Waals surface area contributed by atoms with Gasteiger partial charge in [-0.15, -0.1) is 0 Å². The second-order valence-electron chi connectivity index (χ2n) is 15.1. The van der Waals surface area contributed by atoms with Gasteiger partial charge in [0, 0.05) is 24.2 Å². The van der Waals surface area contributed by atoms with Crippen molar-refractivity contribution in [3.63, 3.8) is 0 Å². The van der Waals surface area contributed by atoms with E-state index in [-0.39, 0.29) is 23.6 Å². The highest BCUT2D eigenvalue weighted by molar-refractivity contribution is 6.01. The van der Waals surface area contributed by atoms with Gasteiger partial charge in [-0.25, -0.2) is 0 Å². The maximum atomic E-state index is 14.7. The maximum absolute atomic E-state index is 14.7. The van der Waals surface area contributed by atoms with Gasteiger partial charge < -0.3 is 31.1 Å². The lowest BCUT2D eigenvalue weighted by molar-refractivity contribution is -0.149. The molecule has 10 nitrogen and oxygen atoms in total. The van der Waals surface area contributed by atoms with Crippen LogP contribution in [0, 0.1) is 6.92 Å². The molecule has 51 heavy (non-hydrogen) atoms. The number of nitrogens with zero attached hydrogens (tertiary/aromatic N) is 2. The molecule has 6 aliphatic heterocycles. The first-order valence-corrected chi connectivity index (χ1v) is 17.9. The van der Waals surface area contributed by atoms with E-state index in [1.54, 1.807) is 9.80 Å². The predicted molar refractivity (Wildman–Crippen MR) is 190 cm³/mol. The van der Waals surface area contributed by atoms with Crippen molar-refractivity contribution in [2.45, 2.75) is 79.9 Å². The van der Waals surface area contributed by atoms with Crippen LogP contribution in [0.15, 0.2) is 103 Å².